The molecule has 2 rings (SSSR count). The molecule has 0 aliphatic carbocycles. The first-order chi connectivity index (χ1) is 7.25. The molecule has 1 saturated heterocycles. The van der Waals surface area contributed by atoms with E-state index in [1.807, 2.05) is 12.1 Å². The Labute approximate surface area is 90.6 Å². The number of hydrogen-bond donors (Lipinski definition) is 2. The van der Waals surface area contributed by atoms with E-state index >= 15 is 0 Å². The minimum Gasteiger partial charge on any atom is -0.397 e. The van der Waals surface area contributed by atoms with Crippen molar-refractivity contribution < 1.29 is 4.74 Å². The molecule has 1 heterocycles. The normalized spacial score (nSPS) is 20.5. The second kappa shape index (κ2) is 4.53. The van der Waals surface area contributed by atoms with Crippen LogP contribution in [0.5, 0.6) is 0 Å². The maximum atomic E-state index is 5.87. The van der Waals surface area contributed by atoms with E-state index in [1.165, 1.54) is 12.0 Å². The van der Waals surface area contributed by atoms with Gasteiger partial charge >= 0.3 is 0 Å². The van der Waals surface area contributed by atoms with Gasteiger partial charge in [0.2, 0.25) is 0 Å². The summed E-state index contributed by atoms with van der Waals surface area (Å²) >= 11 is 0. The molecule has 3 heteroatoms. The zero-order chi connectivity index (χ0) is 10.7. The highest BCUT2D eigenvalue weighted by molar-refractivity contribution is 5.66. The lowest BCUT2D eigenvalue weighted by Gasteiger charge is -2.13. The Hall–Kier alpha value is -1.22. The highest BCUT2D eigenvalue weighted by Gasteiger charge is 2.15. The Bertz CT molecular complexity index is 332. The maximum absolute atomic E-state index is 5.87. The first kappa shape index (κ1) is 10.3. The molecule has 82 valence electrons. The number of nitrogen functional groups attached to an aromatic ring is 1. The lowest BCUT2D eigenvalue weighted by Crippen LogP contribution is -2.18. The largest absolute Gasteiger partial charge is 0.397 e. The monoisotopic (exact) mass is 206 g/mol. The van der Waals surface area contributed by atoms with Crippen molar-refractivity contribution >= 4 is 11.4 Å². The van der Waals surface area contributed by atoms with Crippen LogP contribution in [0.1, 0.15) is 18.4 Å². The van der Waals surface area contributed by atoms with Crippen molar-refractivity contribution in [2.24, 2.45) is 0 Å². The fraction of sp³-hybridized carbons (Fsp3) is 0.500. The molecule has 0 bridgehead atoms. The Balaban J connectivity index is 1.94. The van der Waals surface area contributed by atoms with Gasteiger partial charge in [-0.1, -0.05) is 6.07 Å². The smallest absolute Gasteiger partial charge is 0.0748 e. The van der Waals surface area contributed by atoms with E-state index in [9.17, 15) is 0 Å². The van der Waals surface area contributed by atoms with Crippen LogP contribution in [0, 0.1) is 6.92 Å². The number of benzene rings is 1. The summed E-state index contributed by atoms with van der Waals surface area (Å²) in [5, 5.41) is 3.35. The lowest BCUT2D eigenvalue weighted by molar-refractivity contribution is 0.120. The van der Waals surface area contributed by atoms with Crippen molar-refractivity contribution in [3.8, 4) is 0 Å². The highest BCUT2D eigenvalue weighted by atomic mass is 16.5. The molecule has 0 amide bonds. The Kier molecular flexibility index (Phi) is 3.11. The number of ether oxygens (including phenoxy) is 1. The van der Waals surface area contributed by atoms with Crippen molar-refractivity contribution in [2.45, 2.75) is 25.9 Å². The Morgan fingerprint density at radius 1 is 1.53 bits per heavy atom. The van der Waals surface area contributed by atoms with Crippen molar-refractivity contribution in [3.05, 3.63) is 23.8 Å². The van der Waals surface area contributed by atoms with Gasteiger partial charge in [0, 0.05) is 13.2 Å². The van der Waals surface area contributed by atoms with Gasteiger partial charge in [-0.25, -0.2) is 0 Å². The van der Waals surface area contributed by atoms with E-state index in [2.05, 4.69) is 18.3 Å². The standard InChI is InChI=1S/C12H18N2O/c1-9-4-5-11(13)12(7-9)14-8-10-3-2-6-15-10/h4-5,7,10,14H,2-3,6,8,13H2,1H3. The number of anilines is 2. The number of aryl methyl sites for hydroxylation is 1. The molecule has 1 aromatic carbocycles. The SMILES string of the molecule is Cc1ccc(N)c(NCC2CCCO2)c1. The zero-order valence-electron chi connectivity index (χ0n) is 9.12. The average Bonchev–Trinajstić information content (AvgIpc) is 2.72. The Morgan fingerprint density at radius 2 is 2.40 bits per heavy atom. The molecule has 0 aromatic heterocycles. The predicted molar refractivity (Wildman–Crippen MR) is 63.1 cm³/mol. The molecule has 3 N–H and O–H groups in total. The Morgan fingerprint density at radius 3 is 3.13 bits per heavy atom. The van der Waals surface area contributed by atoms with Gasteiger partial charge in [0.1, 0.15) is 0 Å². The summed E-state index contributed by atoms with van der Waals surface area (Å²) in [5.41, 5.74) is 8.92. The van der Waals surface area contributed by atoms with Crippen LogP contribution in [0.3, 0.4) is 0 Å². The van der Waals surface area contributed by atoms with E-state index in [0.717, 1.165) is 30.9 Å². The van der Waals surface area contributed by atoms with Crippen LogP contribution in [-0.4, -0.2) is 19.3 Å². The quantitative estimate of drug-likeness (QED) is 0.745. The number of nitrogens with one attached hydrogen (secondary N) is 1. The van der Waals surface area contributed by atoms with Crippen molar-refractivity contribution in [1.82, 2.24) is 0 Å². The summed E-state index contributed by atoms with van der Waals surface area (Å²) in [6.45, 7) is 3.82. The molecule has 0 spiro atoms. The summed E-state index contributed by atoms with van der Waals surface area (Å²) in [6, 6.07) is 6.03. The van der Waals surface area contributed by atoms with Gasteiger partial charge in [-0.3, -0.25) is 0 Å². The van der Waals surface area contributed by atoms with Crippen LogP contribution < -0.4 is 11.1 Å². The van der Waals surface area contributed by atoms with Crippen molar-refractivity contribution in [2.75, 3.05) is 24.2 Å². The minimum absolute atomic E-state index is 0.352. The van der Waals surface area contributed by atoms with Crippen LogP contribution in [-0.2, 0) is 4.74 Å². The summed E-state index contributed by atoms with van der Waals surface area (Å²) in [5.74, 6) is 0. The average molecular weight is 206 g/mol. The van der Waals surface area contributed by atoms with E-state index in [0.29, 0.717) is 6.10 Å². The number of hydrogen-bond acceptors (Lipinski definition) is 3. The van der Waals surface area contributed by atoms with Gasteiger partial charge < -0.3 is 15.8 Å². The maximum Gasteiger partial charge on any atom is 0.0748 e. The first-order valence-electron chi connectivity index (χ1n) is 5.47. The molecule has 1 fully saturated rings. The molecular formula is C12H18N2O. The molecule has 0 radical (unpaired) electrons. The first-order valence-corrected chi connectivity index (χ1v) is 5.47. The summed E-state index contributed by atoms with van der Waals surface area (Å²) < 4.78 is 5.54. The molecule has 0 saturated carbocycles. The van der Waals surface area contributed by atoms with Gasteiger partial charge in [-0.05, 0) is 37.5 Å². The summed E-state index contributed by atoms with van der Waals surface area (Å²) in [6.07, 6.45) is 2.68. The third-order valence-electron chi connectivity index (χ3n) is 2.75. The molecule has 1 aliphatic rings. The number of nitrogens with two attached hydrogens (primary N) is 1. The van der Waals surface area contributed by atoms with E-state index in [1.54, 1.807) is 0 Å². The van der Waals surface area contributed by atoms with E-state index in [-0.39, 0.29) is 0 Å². The molecule has 3 nitrogen and oxygen atoms in total. The second-order valence-electron chi connectivity index (χ2n) is 4.11. The molecule has 1 aromatic rings. The topological polar surface area (TPSA) is 47.3 Å². The summed E-state index contributed by atoms with van der Waals surface area (Å²) in [4.78, 5) is 0. The molecular weight excluding hydrogens is 188 g/mol. The van der Waals surface area contributed by atoms with Gasteiger partial charge in [0.05, 0.1) is 17.5 Å². The highest BCUT2D eigenvalue weighted by Crippen LogP contribution is 2.20. The van der Waals surface area contributed by atoms with Crippen LogP contribution in [0.4, 0.5) is 11.4 Å². The number of rotatable bonds is 3. The van der Waals surface area contributed by atoms with Crippen LogP contribution in [0.25, 0.3) is 0 Å². The van der Waals surface area contributed by atoms with Crippen LogP contribution >= 0.6 is 0 Å². The lowest BCUT2D eigenvalue weighted by atomic mass is 10.2. The molecule has 1 aliphatic heterocycles. The third-order valence-corrected chi connectivity index (χ3v) is 2.75. The van der Waals surface area contributed by atoms with Gasteiger partial charge in [-0.2, -0.15) is 0 Å². The van der Waals surface area contributed by atoms with Crippen LogP contribution in [0.15, 0.2) is 18.2 Å². The fourth-order valence-corrected chi connectivity index (χ4v) is 1.85. The second-order valence-corrected chi connectivity index (χ2v) is 4.11. The fourth-order valence-electron chi connectivity index (χ4n) is 1.85. The van der Waals surface area contributed by atoms with Crippen LogP contribution in [0.2, 0.25) is 0 Å². The van der Waals surface area contributed by atoms with Gasteiger partial charge in [0.15, 0.2) is 0 Å². The zero-order valence-corrected chi connectivity index (χ0v) is 9.12. The van der Waals surface area contributed by atoms with Crippen molar-refractivity contribution in [3.63, 3.8) is 0 Å². The minimum atomic E-state index is 0.352. The van der Waals surface area contributed by atoms with E-state index in [4.69, 9.17) is 10.5 Å². The predicted octanol–water partition coefficient (Wildman–Crippen LogP) is 2.17. The molecule has 1 atom stereocenters. The van der Waals surface area contributed by atoms with Gasteiger partial charge in [0.25, 0.3) is 0 Å². The van der Waals surface area contributed by atoms with Crippen molar-refractivity contribution in [1.29, 1.82) is 0 Å². The van der Waals surface area contributed by atoms with Gasteiger partial charge in [-0.15, -0.1) is 0 Å². The molecule has 15 heavy (non-hydrogen) atoms. The third kappa shape index (κ3) is 2.63. The van der Waals surface area contributed by atoms with E-state index < -0.39 is 0 Å². The molecule has 1 unspecified atom stereocenters. The summed E-state index contributed by atoms with van der Waals surface area (Å²) in [7, 11) is 0.